The van der Waals surface area contributed by atoms with Gasteiger partial charge in [0.15, 0.2) is 0 Å². The Hall–Kier alpha value is -1.79. The number of carbonyl (C=O) groups is 3. The third-order valence-electron chi connectivity index (χ3n) is 2.21. The monoisotopic (exact) mass is 228 g/mol. The second-order valence-electron chi connectivity index (χ2n) is 3.44. The minimum Gasteiger partial charge on any atom is -0.550 e. The van der Waals surface area contributed by atoms with Gasteiger partial charge in [-0.05, 0) is 6.42 Å². The fourth-order valence-corrected chi connectivity index (χ4v) is 1.36. The molecule has 0 aromatic rings. The zero-order valence-electron chi connectivity index (χ0n) is 8.82. The highest BCUT2D eigenvalue weighted by Crippen LogP contribution is 1.94. The van der Waals surface area contributed by atoms with Crippen molar-refractivity contribution in [2.75, 3.05) is 26.2 Å². The molecule has 1 aliphatic rings. The number of hydrogen-bond acceptors (Lipinski definition) is 4. The Balaban J connectivity index is 2.08. The molecule has 1 heterocycles. The third-order valence-corrected chi connectivity index (χ3v) is 2.21. The average Bonchev–Trinajstić information content (AvgIpc) is 2.61. The summed E-state index contributed by atoms with van der Waals surface area (Å²) in [6.45, 7) is 2.02. The number of carboxylic acid groups (broad SMARTS) is 1. The highest BCUT2D eigenvalue weighted by Gasteiger charge is 2.18. The van der Waals surface area contributed by atoms with Crippen LogP contribution < -0.4 is 15.7 Å². The molecule has 0 bridgehead atoms. The van der Waals surface area contributed by atoms with Crippen LogP contribution in [0.1, 0.15) is 12.8 Å². The van der Waals surface area contributed by atoms with E-state index in [0.29, 0.717) is 26.2 Å². The van der Waals surface area contributed by atoms with Crippen LogP contribution in [0, 0.1) is 0 Å². The van der Waals surface area contributed by atoms with E-state index < -0.39 is 5.97 Å². The largest absolute Gasteiger partial charge is 0.550 e. The van der Waals surface area contributed by atoms with Gasteiger partial charge in [0.1, 0.15) is 0 Å². The Morgan fingerprint density at radius 2 is 2.19 bits per heavy atom. The van der Waals surface area contributed by atoms with Gasteiger partial charge in [0.25, 0.3) is 0 Å². The second-order valence-corrected chi connectivity index (χ2v) is 3.44. The molecule has 1 aliphatic heterocycles. The van der Waals surface area contributed by atoms with Crippen molar-refractivity contribution in [3.63, 3.8) is 0 Å². The fraction of sp³-hybridized carbons (Fsp3) is 0.667. The van der Waals surface area contributed by atoms with Crippen LogP contribution in [-0.4, -0.2) is 49.0 Å². The average molecular weight is 228 g/mol. The van der Waals surface area contributed by atoms with E-state index in [1.54, 1.807) is 4.90 Å². The van der Waals surface area contributed by atoms with Gasteiger partial charge in [0.05, 0.1) is 0 Å². The molecule has 0 spiro atoms. The van der Waals surface area contributed by atoms with Crippen LogP contribution in [0.2, 0.25) is 0 Å². The fourth-order valence-electron chi connectivity index (χ4n) is 1.36. The topological polar surface area (TPSA) is 102 Å². The SMILES string of the molecule is O=C([O-])CCC(=O)NCCN1CCNC1=O. The molecule has 16 heavy (non-hydrogen) atoms. The molecule has 1 fully saturated rings. The Bertz CT molecular complexity index is 292. The zero-order chi connectivity index (χ0) is 12.0. The summed E-state index contributed by atoms with van der Waals surface area (Å²) in [5.74, 6) is -1.59. The second kappa shape index (κ2) is 5.94. The Morgan fingerprint density at radius 1 is 1.44 bits per heavy atom. The minimum absolute atomic E-state index is 0.0888. The van der Waals surface area contributed by atoms with Crippen LogP contribution >= 0.6 is 0 Å². The number of nitrogens with one attached hydrogen (secondary N) is 2. The molecule has 1 rings (SSSR count). The molecule has 3 amide bonds. The summed E-state index contributed by atoms with van der Waals surface area (Å²) < 4.78 is 0. The van der Waals surface area contributed by atoms with Crippen molar-refractivity contribution in [1.29, 1.82) is 0 Å². The summed E-state index contributed by atoms with van der Waals surface area (Å²) in [6.07, 6.45) is -0.370. The smallest absolute Gasteiger partial charge is 0.317 e. The van der Waals surface area contributed by atoms with Crippen LogP contribution in [0.25, 0.3) is 0 Å². The lowest BCUT2D eigenvalue weighted by Crippen LogP contribution is -2.37. The number of amides is 3. The van der Waals surface area contributed by atoms with E-state index in [9.17, 15) is 19.5 Å². The highest BCUT2D eigenvalue weighted by atomic mass is 16.4. The first-order chi connectivity index (χ1) is 7.59. The van der Waals surface area contributed by atoms with Crippen molar-refractivity contribution in [3.05, 3.63) is 0 Å². The number of carboxylic acids is 1. The van der Waals surface area contributed by atoms with Crippen molar-refractivity contribution < 1.29 is 19.5 Å². The van der Waals surface area contributed by atoms with E-state index in [0.717, 1.165) is 0 Å². The van der Waals surface area contributed by atoms with Crippen LogP contribution in [0.4, 0.5) is 4.79 Å². The molecule has 0 aromatic heterocycles. The standard InChI is InChI=1S/C9H15N3O4/c13-7(1-2-8(14)15)10-3-5-12-6-4-11-9(12)16/h1-6H2,(H,10,13)(H,11,16)(H,14,15)/p-1. The molecule has 1 saturated heterocycles. The number of urea groups is 1. The van der Waals surface area contributed by atoms with Crippen molar-refractivity contribution in [3.8, 4) is 0 Å². The first kappa shape index (κ1) is 12.3. The Labute approximate surface area is 92.8 Å². The first-order valence-electron chi connectivity index (χ1n) is 5.09. The quantitative estimate of drug-likeness (QED) is 0.531. The van der Waals surface area contributed by atoms with Gasteiger partial charge in [0.2, 0.25) is 5.91 Å². The maximum atomic E-state index is 11.1. The molecule has 0 aliphatic carbocycles. The maximum absolute atomic E-state index is 11.1. The Kier molecular flexibility index (Phi) is 4.56. The number of aliphatic carboxylic acids is 1. The van der Waals surface area contributed by atoms with Gasteiger partial charge in [-0.15, -0.1) is 0 Å². The molecule has 0 radical (unpaired) electrons. The van der Waals surface area contributed by atoms with Gasteiger partial charge in [-0.2, -0.15) is 0 Å². The normalized spacial score (nSPS) is 14.8. The van der Waals surface area contributed by atoms with Gasteiger partial charge in [-0.1, -0.05) is 0 Å². The molecule has 0 saturated carbocycles. The molecule has 7 heteroatoms. The molecular formula is C9H14N3O4-. The molecule has 0 atom stereocenters. The van der Waals surface area contributed by atoms with Gasteiger partial charge < -0.3 is 25.4 Å². The molecule has 90 valence electrons. The number of carbonyl (C=O) groups excluding carboxylic acids is 3. The number of rotatable bonds is 6. The number of nitrogens with zero attached hydrogens (tertiary/aromatic N) is 1. The van der Waals surface area contributed by atoms with Crippen LogP contribution in [0.5, 0.6) is 0 Å². The summed E-state index contributed by atoms with van der Waals surface area (Å²) in [6, 6.07) is -0.135. The van der Waals surface area contributed by atoms with Crippen LogP contribution in [0.3, 0.4) is 0 Å². The zero-order valence-corrected chi connectivity index (χ0v) is 8.82. The summed E-state index contributed by atoms with van der Waals surface area (Å²) in [7, 11) is 0. The van der Waals surface area contributed by atoms with Gasteiger partial charge in [0, 0.05) is 38.6 Å². The van der Waals surface area contributed by atoms with E-state index in [-0.39, 0.29) is 24.8 Å². The molecule has 0 unspecified atom stereocenters. The summed E-state index contributed by atoms with van der Waals surface area (Å²) in [4.78, 5) is 33.8. The summed E-state index contributed by atoms with van der Waals surface area (Å²) in [5.41, 5.74) is 0. The van der Waals surface area contributed by atoms with Crippen LogP contribution in [-0.2, 0) is 9.59 Å². The van der Waals surface area contributed by atoms with E-state index >= 15 is 0 Å². The van der Waals surface area contributed by atoms with Gasteiger partial charge in [-0.3, -0.25) is 4.79 Å². The van der Waals surface area contributed by atoms with Crippen molar-refractivity contribution >= 4 is 17.9 Å². The van der Waals surface area contributed by atoms with Crippen molar-refractivity contribution in [1.82, 2.24) is 15.5 Å². The van der Waals surface area contributed by atoms with Gasteiger partial charge >= 0.3 is 6.03 Å². The molecule has 7 nitrogen and oxygen atoms in total. The summed E-state index contributed by atoms with van der Waals surface area (Å²) in [5, 5.41) is 15.2. The maximum Gasteiger partial charge on any atom is 0.317 e. The number of hydrogen-bond donors (Lipinski definition) is 2. The van der Waals surface area contributed by atoms with E-state index in [4.69, 9.17) is 0 Å². The lowest BCUT2D eigenvalue weighted by molar-refractivity contribution is -0.305. The van der Waals surface area contributed by atoms with Gasteiger partial charge in [-0.25, -0.2) is 4.79 Å². The molecular weight excluding hydrogens is 214 g/mol. The Morgan fingerprint density at radius 3 is 2.75 bits per heavy atom. The van der Waals surface area contributed by atoms with E-state index in [1.165, 1.54) is 0 Å². The van der Waals surface area contributed by atoms with Crippen molar-refractivity contribution in [2.45, 2.75) is 12.8 Å². The van der Waals surface area contributed by atoms with E-state index in [2.05, 4.69) is 10.6 Å². The van der Waals surface area contributed by atoms with E-state index in [1.807, 2.05) is 0 Å². The third kappa shape index (κ3) is 4.16. The van der Waals surface area contributed by atoms with Crippen LogP contribution in [0.15, 0.2) is 0 Å². The lowest BCUT2D eigenvalue weighted by Gasteiger charge is -2.14. The molecule has 0 aromatic carbocycles. The predicted molar refractivity (Wildman–Crippen MR) is 52.2 cm³/mol. The highest BCUT2D eigenvalue weighted by molar-refractivity contribution is 5.80. The lowest BCUT2D eigenvalue weighted by atomic mass is 10.3. The summed E-state index contributed by atoms with van der Waals surface area (Å²) >= 11 is 0. The van der Waals surface area contributed by atoms with Crippen molar-refractivity contribution in [2.24, 2.45) is 0 Å². The predicted octanol–water partition coefficient (Wildman–Crippen LogP) is -2.34. The first-order valence-corrected chi connectivity index (χ1v) is 5.09. The molecule has 2 N–H and O–H groups in total. The minimum atomic E-state index is -1.24.